The van der Waals surface area contributed by atoms with Gasteiger partial charge in [-0.05, 0) is 43.9 Å². The van der Waals surface area contributed by atoms with Crippen LogP contribution in [0.25, 0.3) is 10.9 Å². The number of benzene rings is 2. The maximum atomic E-state index is 13.3. The summed E-state index contributed by atoms with van der Waals surface area (Å²) in [6.07, 6.45) is 6.25. The van der Waals surface area contributed by atoms with E-state index in [1.54, 1.807) is 0 Å². The number of amides is 1. The molecule has 1 saturated carbocycles. The van der Waals surface area contributed by atoms with Crippen molar-refractivity contribution in [3.63, 3.8) is 0 Å². The standard InChI is InChI=1S/C25H29N3O2S/c1-18(23(29)26-17-16-19-10-4-2-5-11-19)31-25-27-22-15-9-8-14-21(22)24(30)28(25)20-12-6-3-7-13-20/h2,4-5,8-11,14-15,18,20H,3,6-7,12-13,16-17H2,1H3,(H,26,29). The van der Waals surface area contributed by atoms with Crippen LogP contribution in [0.4, 0.5) is 0 Å². The molecule has 1 aliphatic carbocycles. The van der Waals surface area contributed by atoms with Crippen LogP contribution in [0.15, 0.2) is 64.5 Å². The summed E-state index contributed by atoms with van der Waals surface area (Å²) in [4.78, 5) is 30.9. The zero-order valence-corrected chi connectivity index (χ0v) is 18.7. The average molecular weight is 436 g/mol. The van der Waals surface area contributed by atoms with Gasteiger partial charge in [0.2, 0.25) is 5.91 Å². The first-order chi connectivity index (χ1) is 15.1. The fourth-order valence-electron chi connectivity index (χ4n) is 4.20. The van der Waals surface area contributed by atoms with Gasteiger partial charge >= 0.3 is 0 Å². The number of nitrogens with one attached hydrogen (secondary N) is 1. The summed E-state index contributed by atoms with van der Waals surface area (Å²) in [5, 5.41) is 4.00. The molecule has 3 aromatic rings. The van der Waals surface area contributed by atoms with E-state index in [4.69, 9.17) is 4.98 Å². The second-order valence-electron chi connectivity index (χ2n) is 8.17. The lowest BCUT2D eigenvalue weighted by atomic mass is 9.95. The summed E-state index contributed by atoms with van der Waals surface area (Å²) < 4.78 is 1.86. The van der Waals surface area contributed by atoms with E-state index >= 15 is 0 Å². The fraction of sp³-hybridized carbons (Fsp3) is 0.400. The Morgan fingerprint density at radius 3 is 2.58 bits per heavy atom. The largest absolute Gasteiger partial charge is 0.355 e. The number of para-hydroxylation sites is 1. The molecule has 1 aromatic heterocycles. The molecule has 5 nitrogen and oxygen atoms in total. The molecule has 1 heterocycles. The molecule has 2 aromatic carbocycles. The van der Waals surface area contributed by atoms with Crippen LogP contribution in [0.2, 0.25) is 0 Å². The van der Waals surface area contributed by atoms with Crippen molar-refractivity contribution in [2.75, 3.05) is 6.54 Å². The van der Waals surface area contributed by atoms with Gasteiger partial charge < -0.3 is 5.32 Å². The van der Waals surface area contributed by atoms with Gasteiger partial charge in [0.25, 0.3) is 5.56 Å². The molecule has 1 aliphatic rings. The van der Waals surface area contributed by atoms with Gasteiger partial charge in [-0.25, -0.2) is 4.98 Å². The highest BCUT2D eigenvalue weighted by Crippen LogP contribution is 2.32. The lowest BCUT2D eigenvalue weighted by Gasteiger charge is -2.26. The third kappa shape index (κ3) is 5.18. The number of fused-ring (bicyclic) bond motifs is 1. The van der Waals surface area contributed by atoms with E-state index in [1.807, 2.05) is 54.0 Å². The maximum absolute atomic E-state index is 13.3. The number of hydrogen-bond donors (Lipinski definition) is 1. The van der Waals surface area contributed by atoms with Gasteiger partial charge in [-0.3, -0.25) is 14.2 Å². The topological polar surface area (TPSA) is 64.0 Å². The Morgan fingerprint density at radius 1 is 1.10 bits per heavy atom. The zero-order chi connectivity index (χ0) is 21.6. The van der Waals surface area contributed by atoms with Crippen LogP contribution in [0, 0.1) is 0 Å². The second-order valence-corrected chi connectivity index (χ2v) is 9.47. The van der Waals surface area contributed by atoms with Crippen molar-refractivity contribution in [2.24, 2.45) is 0 Å². The predicted octanol–water partition coefficient (Wildman–Crippen LogP) is 4.74. The summed E-state index contributed by atoms with van der Waals surface area (Å²) >= 11 is 1.39. The quantitative estimate of drug-likeness (QED) is 0.430. The summed E-state index contributed by atoms with van der Waals surface area (Å²) in [6.45, 7) is 2.48. The first-order valence-electron chi connectivity index (χ1n) is 11.1. The molecule has 1 amide bonds. The lowest BCUT2D eigenvalue weighted by Crippen LogP contribution is -2.34. The van der Waals surface area contributed by atoms with Gasteiger partial charge in [-0.1, -0.05) is 73.5 Å². The molecule has 1 fully saturated rings. The highest BCUT2D eigenvalue weighted by Gasteiger charge is 2.24. The molecule has 4 rings (SSSR count). The second kappa shape index (κ2) is 10.1. The molecule has 1 unspecified atom stereocenters. The molecule has 0 spiro atoms. The molecule has 0 saturated heterocycles. The molecule has 1 N–H and O–H groups in total. The minimum Gasteiger partial charge on any atom is -0.355 e. The molecular formula is C25H29N3O2S. The van der Waals surface area contributed by atoms with Crippen LogP contribution in [0.3, 0.4) is 0 Å². The molecule has 0 radical (unpaired) electrons. The Balaban J connectivity index is 1.52. The van der Waals surface area contributed by atoms with Gasteiger partial charge in [-0.15, -0.1) is 0 Å². The third-order valence-corrected chi connectivity index (χ3v) is 6.99. The first-order valence-corrected chi connectivity index (χ1v) is 12.0. The van der Waals surface area contributed by atoms with Gasteiger partial charge in [0, 0.05) is 12.6 Å². The monoisotopic (exact) mass is 435 g/mol. The number of hydrogen-bond acceptors (Lipinski definition) is 4. The minimum atomic E-state index is -0.335. The number of nitrogens with zero attached hydrogens (tertiary/aromatic N) is 2. The zero-order valence-electron chi connectivity index (χ0n) is 17.9. The number of aromatic nitrogens is 2. The summed E-state index contributed by atoms with van der Waals surface area (Å²) in [5.74, 6) is -0.0291. The maximum Gasteiger partial charge on any atom is 0.262 e. The van der Waals surface area contributed by atoms with Crippen molar-refractivity contribution in [2.45, 2.75) is 61.9 Å². The average Bonchev–Trinajstić information content (AvgIpc) is 2.80. The summed E-state index contributed by atoms with van der Waals surface area (Å²) in [6, 6.07) is 17.8. The molecule has 1 atom stereocenters. The van der Waals surface area contributed by atoms with E-state index in [9.17, 15) is 9.59 Å². The van der Waals surface area contributed by atoms with Gasteiger partial charge in [0.15, 0.2) is 5.16 Å². The molecule has 6 heteroatoms. The number of carbonyl (C=O) groups is 1. The fourth-order valence-corrected chi connectivity index (χ4v) is 5.20. The van der Waals surface area contributed by atoms with E-state index in [-0.39, 0.29) is 22.8 Å². The van der Waals surface area contributed by atoms with Crippen LogP contribution in [0.5, 0.6) is 0 Å². The Bertz CT molecular complexity index is 1090. The van der Waals surface area contributed by atoms with Crippen LogP contribution >= 0.6 is 11.8 Å². The normalized spacial score (nSPS) is 15.6. The highest BCUT2D eigenvalue weighted by atomic mass is 32.2. The number of carbonyl (C=O) groups excluding carboxylic acids is 1. The number of rotatable bonds is 7. The Hall–Kier alpha value is -2.60. The van der Waals surface area contributed by atoms with E-state index in [2.05, 4.69) is 17.4 Å². The van der Waals surface area contributed by atoms with Crippen molar-refractivity contribution in [3.05, 3.63) is 70.5 Å². The van der Waals surface area contributed by atoms with E-state index in [1.165, 1.54) is 23.7 Å². The van der Waals surface area contributed by atoms with Crippen molar-refractivity contribution in [1.82, 2.24) is 14.9 Å². The van der Waals surface area contributed by atoms with Gasteiger partial charge in [-0.2, -0.15) is 0 Å². The number of thioether (sulfide) groups is 1. The molecule has 31 heavy (non-hydrogen) atoms. The van der Waals surface area contributed by atoms with Crippen LogP contribution in [-0.4, -0.2) is 27.3 Å². The van der Waals surface area contributed by atoms with E-state index in [0.29, 0.717) is 22.6 Å². The first kappa shape index (κ1) is 21.6. The predicted molar refractivity (Wildman–Crippen MR) is 127 cm³/mol. The van der Waals surface area contributed by atoms with Crippen molar-refractivity contribution in [3.8, 4) is 0 Å². The smallest absolute Gasteiger partial charge is 0.262 e. The lowest BCUT2D eigenvalue weighted by molar-refractivity contribution is -0.120. The van der Waals surface area contributed by atoms with Crippen LogP contribution < -0.4 is 10.9 Å². The molecular weight excluding hydrogens is 406 g/mol. The molecule has 0 bridgehead atoms. The third-order valence-electron chi connectivity index (χ3n) is 5.92. The van der Waals surface area contributed by atoms with Crippen LogP contribution in [-0.2, 0) is 11.2 Å². The van der Waals surface area contributed by atoms with Crippen molar-refractivity contribution in [1.29, 1.82) is 0 Å². The minimum absolute atomic E-state index is 0.0108. The van der Waals surface area contributed by atoms with E-state index in [0.717, 1.165) is 32.1 Å². The Kier molecular flexibility index (Phi) is 7.07. The molecule has 162 valence electrons. The van der Waals surface area contributed by atoms with E-state index < -0.39 is 0 Å². The van der Waals surface area contributed by atoms with Gasteiger partial charge in [0.05, 0.1) is 16.2 Å². The highest BCUT2D eigenvalue weighted by molar-refractivity contribution is 8.00. The van der Waals surface area contributed by atoms with Crippen molar-refractivity contribution >= 4 is 28.6 Å². The Labute approximate surface area is 187 Å². The molecule has 0 aliphatic heterocycles. The van der Waals surface area contributed by atoms with Crippen molar-refractivity contribution < 1.29 is 4.79 Å². The Morgan fingerprint density at radius 2 is 1.81 bits per heavy atom. The van der Waals surface area contributed by atoms with Crippen LogP contribution in [0.1, 0.15) is 50.6 Å². The summed E-state index contributed by atoms with van der Waals surface area (Å²) in [7, 11) is 0. The summed E-state index contributed by atoms with van der Waals surface area (Å²) in [5.41, 5.74) is 1.90. The SMILES string of the molecule is CC(Sc1nc2ccccc2c(=O)n1C1CCCCC1)C(=O)NCCc1ccccc1. The van der Waals surface area contributed by atoms with Gasteiger partial charge in [0.1, 0.15) is 0 Å².